The number of fused-ring (bicyclic) bond motifs is 1. The number of likely N-dealkylation sites (tertiary alicyclic amines) is 1. The molecule has 0 radical (unpaired) electrons. The molecule has 0 aliphatic carbocycles. The molecule has 3 aliphatic rings. The molecule has 2 N–H and O–H groups in total. The van der Waals surface area contributed by atoms with Crippen LogP contribution >= 0.6 is 15.9 Å². The van der Waals surface area contributed by atoms with Crippen LogP contribution in [0.2, 0.25) is 0 Å². The van der Waals surface area contributed by atoms with Gasteiger partial charge in [-0.1, -0.05) is 58.4 Å². The molecule has 1 unspecified atom stereocenters. The van der Waals surface area contributed by atoms with E-state index in [1.165, 1.54) is 4.90 Å². The van der Waals surface area contributed by atoms with Crippen molar-refractivity contribution in [2.45, 2.75) is 73.7 Å². The molecule has 3 aliphatic heterocycles. The lowest BCUT2D eigenvalue weighted by Crippen LogP contribution is -2.57. The Hall–Kier alpha value is -4.00. The molecule has 3 heterocycles. The lowest BCUT2D eigenvalue weighted by atomic mass is 9.70. The van der Waals surface area contributed by atoms with Crippen molar-refractivity contribution in [3.8, 4) is 5.75 Å². The second-order valence-electron chi connectivity index (χ2n) is 13.0. The number of hydrogen-bond acceptors (Lipinski definition) is 8. The van der Waals surface area contributed by atoms with Gasteiger partial charge in [0.1, 0.15) is 23.5 Å². The van der Waals surface area contributed by atoms with Gasteiger partial charge < -0.3 is 34.4 Å². The van der Waals surface area contributed by atoms with Gasteiger partial charge in [0.15, 0.2) is 0 Å². The van der Waals surface area contributed by atoms with Crippen LogP contribution in [0.4, 0.5) is 5.69 Å². The first kappa shape index (κ1) is 37.3. The first-order chi connectivity index (χ1) is 24.1. The third-order valence-corrected chi connectivity index (χ3v) is 10.7. The highest BCUT2D eigenvalue weighted by Crippen LogP contribution is 2.60. The van der Waals surface area contributed by atoms with Crippen molar-refractivity contribution in [1.29, 1.82) is 0 Å². The van der Waals surface area contributed by atoms with E-state index in [9.17, 15) is 24.3 Å². The molecule has 11 nitrogen and oxygen atoms in total. The summed E-state index contributed by atoms with van der Waals surface area (Å²) in [5.74, 6) is -2.93. The number of ether oxygens (including phenoxy) is 3. The number of rotatable bonds is 17. The zero-order valence-corrected chi connectivity index (χ0v) is 30.1. The smallest absolute Gasteiger partial charge is 0.313 e. The van der Waals surface area contributed by atoms with Crippen molar-refractivity contribution in [1.82, 2.24) is 10.2 Å². The zero-order valence-electron chi connectivity index (χ0n) is 28.5. The van der Waals surface area contributed by atoms with Crippen molar-refractivity contribution >= 4 is 45.3 Å². The quantitative estimate of drug-likeness (QED) is 0.105. The van der Waals surface area contributed by atoms with E-state index in [2.05, 4.69) is 34.4 Å². The number of esters is 1. The first-order valence-electron chi connectivity index (χ1n) is 17.1. The molecular weight excluding hydrogens is 706 g/mol. The minimum Gasteiger partial charge on any atom is -0.497 e. The van der Waals surface area contributed by atoms with E-state index in [1.54, 1.807) is 55.4 Å². The Morgan fingerprint density at radius 1 is 1.14 bits per heavy atom. The summed E-state index contributed by atoms with van der Waals surface area (Å²) in [7, 11) is 1.56. The molecule has 0 saturated carbocycles. The van der Waals surface area contributed by atoms with Crippen molar-refractivity contribution < 1.29 is 38.5 Å². The SMILES string of the molecule is C=CCCC(=O)N[C@H](C)[C@@H](OC(=O)[C@@H]1[C@H]2O[C@@]3(CC2Br)[C@H](C(=O)N(CC=C)c2ccc(OC)cc2)N(CCCCO)C(=O)[C@@H]13)c1ccccc1. The van der Waals surface area contributed by atoms with Crippen molar-refractivity contribution in [3.05, 3.63) is 85.5 Å². The van der Waals surface area contributed by atoms with E-state index in [4.69, 9.17) is 14.2 Å². The van der Waals surface area contributed by atoms with Gasteiger partial charge >= 0.3 is 5.97 Å². The number of halogens is 1. The maximum atomic E-state index is 14.8. The third-order valence-electron chi connectivity index (χ3n) is 9.85. The number of alkyl halides is 1. The highest BCUT2D eigenvalue weighted by Gasteiger charge is 2.77. The summed E-state index contributed by atoms with van der Waals surface area (Å²) in [6.07, 6.45) is 3.66. The topological polar surface area (TPSA) is 135 Å². The summed E-state index contributed by atoms with van der Waals surface area (Å²) in [6, 6.07) is 14.5. The summed E-state index contributed by atoms with van der Waals surface area (Å²) < 4.78 is 18.3. The Bertz CT molecular complexity index is 1550. The number of hydrogen-bond donors (Lipinski definition) is 2. The number of carbonyl (C=O) groups excluding carboxylic acids is 4. The fourth-order valence-corrected chi connectivity index (χ4v) is 8.56. The van der Waals surface area contributed by atoms with Gasteiger partial charge in [-0.15, -0.1) is 13.2 Å². The Balaban J connectivity index is 1.49. The second kappa shape index (κ2) is 16.3. The van der Waals surface area contributed by atoms with Crippen LogP contribution < -0.4 is 15.0 Å². The van der Waals surface area contributed by atoms with Gasteiger partial charge in [0.05, 0.1) is 31.1 Å². The number of aliphatic hydroxyl groups is 1. The van der Waals surface area contributed by atoms with Crippen LogP contribution in [0.25, 0.3) is 0 Å². The molecule has 2 aromatic rings. The van der Waals surface area contributed by atoms with Gasteiger partial charge in [0.25, 0.3) is 5.91 Å². The summed E-state index contributed by atoms with van der Waals surface area (Å²) in [5.41, 5.74) is -0.0382. The number of methoxy groups -OCH3 is 1. The monoisotopic (exact) mass is 751 g/mol. The van der Waals surface area contributed by atoms with E-state index in [1.807, 2.05) is 30.3 Å². The van der Waals surface area contributed by atoms with Gasteiger partial charge in [-0.2, -0.15) is 0 Å². The van der Waals surface area contributed by atoms with Crippen molar-refractivity contribution in [2.75, 3.05) is 31.7 Å². The van der Waals surface area contributed by atoms with Crippen molar-refractivity contribution in [2.24, 2.45) is 11.8 Å². The van der Waals surface area contributed by atoms with Crippen LogP contribution in [-0.2, 0) is 28.7 Å². The van der Waals surface area contributed by atoms with Crippen LogP contribution in [0.1, 0.15) is 50.7 Å². The first-order valence-corrected chi connectivity index (χ1v) is 18.0. The molecule has 268 valence electrons. The maximum absolute atomic E-state index is 14.8. The highest BCUT2D eigenvalue weighted by molar-refractivity contribution is 9.09. The van der Waals surface area contributed by atoms with E-state index in [0.29, 0.717) is 42.7 Å². The Kier molecular flexibility index (Phi) is 12.2. The number of anilines is 1. The number of nitrogens with zero attached hydrogens (tertiary/aromatic N) is 2. The Morgan fingerprint density at radius 3 is 2.50 bits per heavy atom. The summed E-state index contributed by atoms with van der Waals surface area (Å²) in [6.45, 7) is 9.61. The standard InChI is InChI=1S/C38H46BrN3O8/c1-5-7-15-29(44)40-24(3)32(25-13-9-8-10-14-25)49-37(47)30-31-35(45)42(21-11-12-22-43)34(38(31)23-28(39)33(30)50-38)36(46)41(20-6-2)26-16-18-27(48-4)19-17-26/h5-6,8-10,13-14,16-19,24,28,30-34,43H,1-2,7,11-12,15,20-23H2,3-4H3,(H,40,44)/t24-,28?,30+,31-,32-,33+,34+,38-/m1/s1. The number of nitrogens with one attached hydrogen (secondary N) is 1. The molecule has 5 rings (SSSR count). The molecule has 3 amide bonds. The van der Waals surface area contributed by atoms with Gasteiger partial charge in [-0.05, 0) is 62.4 Å². The molecule has 0 aromatic heterocycles. The van der Waals surface area contributed by atoms with E-state index in [-0.39, 0.29) is 48.7 Å². The molecule has 1 spiro atoms. The largest absolute Gasteiger partial charge is 0.497 e. The Morgan fingerprint density at radius 2 is 1.86 bits per heavy atom. The normalized spacial score (nSPS) is 26.1. The number of aliphatic hydroxyl groups excluding tert-OH is 1. The zero-order chi connectivity index (χ0) is 36.0. The fourth-order valence-electron chi connectivity index (χ4n) is 7.61. The molecule has 8 atom stereocenters. The lowest BCUT2D eigenvalue weighted by molar-refractivity contribution is -0.162. The van der Waals surface area contributed by atoms with Crippen LogP contribution in [0, 0.1) is 11.8 Å². The number of benzene rings is 2. The average molecular weight is 753 g/mol. The fraction of sp³-hybridized carbons (Fsp3) is 0.474. The predicted octanol–water partition coefficient (Wildman–Crippen LogP) is 4.49. The average Bonchev–Trinajstić information content (AvgIpc) is 3.71. The second-order valence-corrected chi connectivity index (χ2v) is 14.2. The summed E-state index contributed by atoms with van der Waals surface area (Å²) >= 11 is 3.73. The third kappa shape index (κ3) is 7.24. The number of amides is 3. The van der Waals surface area contributed by atoms with E-state index in [0.717, 1.165) is 0 Å². The van der Waals surface area contributed by atoms with E-state index >= 15 is 0 Å². The number of carbonyl (C=O) groups is 4. The maximum Gasteiger partial charge on any atom is 0.313 e. The van der Waals surface area contributed by atoms with Gasteiger partial charge in [-0.3, -0.25) is 19.2 Å². The van der Waals surface area contributed by atoms with Gasteiger partial charge in [-0.25, -0.2) is 0 Å². The molecule has 2 bridgehead atoms. The van der Waals surface area contributed by atoms with Crippen LogP contribution in [-0.4, -0.2) is 89.1 Å². The van der Waals surface area contributed by atoms with Gasteiger partial charge in [0.2, 0.25) is 11.8 Å². The molecule has 50 heavy (non-hydrogen) atoms. The number of unbranched alkanes of at least 4 members (excludes halogenated alkanes) is 1. The highest BCUT2D eigenvalue weighted by atomic mass is 79.9. The van der Waals surface area contributed by atoms with Crippen LogP contribution in [0.15, 0.2) is 79.9 Å². The van der Waals surface area contributed by atoms with Crippen LogP contribution in [0.3, 0.4) is 0 Å². The minimum absolute atomic E-state index is 0.0656. The van der Waals surface area contributed by atoms with Crippen LogP contribution in [0.5, 0.6) is 5.75 Å². The number of allylic oxidation sites excluding steroid dienone is 1. The summed E-state index contributed by atoms with van der Waals surface area (Å²) in [5, 5.41) is 12.5. The van der Waals surface area contributed by atoms with Crippen molar-refractivity contribution in [3.63, 3.8) is 0 Å². The Labute approximate surface area is 301 Å². The molecule has 3 fully saturated rings. The molecule has 2 aromatic carbocycles. The summed E-state index contributed by atoms with van der Waals surface area (Å²) in [4.78, 5) is 59.1. The van der Waals surface area contributed by atoms with E-state index < -0.39 is 47.7 Å². The predicted molar refractivity (Wildman–Crippen MR) is 192 cm³/mol. The lowest BCUT2D eigenvalue weighted by Gasteiger charge is -2.37. The minimum atomic E-state index is -1.31. The molecular formula is C38H46BrN3O8. The molecule has 3 saturated heterocycles. The molecule has 12 heteroatoms. The van der Waals surface area contributed by atoms with Gasteiger partial charge in [0, 0.05) is 36.6 Å².